The second-order valence-corrected chi connectivity index (χ2v) is 5.36. The van der Waals surface area contributed by atoms with Gasteiger partial charge in [-0.15, -0.1) is 0 Å². The lowest BCUT2D eigenvalue weighted by molar-refractivity contribution is -0.132. The van der Waals surface area contributed by atoms with Crippen LogP contribution in [-0.2, 0) is 22.5 Å². The molecule has 3 N–H and O–H groups in total. The number of amides is 1. The lowest BCUT2D eigenvalue weighted by atomic mass is 10.1. The molecule has 0 bridgehead atoms. The standard InChI is InChI=1S/C15H18N4O3/c20-14(16-9-13-17-15(21)19-18-13)12-7-6-11(22-12)8-10-4-2-1-3-5-10/h1-5,11-12H,6-9H2,(H,16,20)(H2,17,18,19,21)/t11-,12+/m1/s1. The molecule has 2 atom stereocenters. The van der Waals surface area contributed by atoms with E-state index in [4.69, 9.17) is 4.74 Å². The summed E-state index contributed by atoms with van der Waals surface area (Å²) in [5, 5.41) is 8.71. The van der Waals surface area contributed by atoms with E-state index < -0.39 is 6.10 Å². The second kappa shape index (κ2) is 6.57. The Morgan fingerprint density at radius 1 is 1.32 bits per heavy atom. The minimum Gasteiger partial charge on any atom is -0.365 e. The van der Waals surface area contributed by atoms with Crippen molar-refractivity contribution in [3.63, 3.8) is 0 Å². The molecule has 0 spiro atoms. The van der Waals surface area contributed by atoms with Crippen LogP contribution < -0.4 is 11.0 Å². The second-order valence-electron chi connectivity index (χ2n) is 5.36. The average molecular weight is 302 g/mol. The van der Waals surface area contributed by atoms with Crippen molar-refractivity contribution in [3.8, 4) is 0 Å². The Labute approximate surface area is 127 Å². The number of carbonyl (C=O) groups is 1. The summed E-state index contributed by atoms with van der Waals surface area (Å²) < 4.78 is 5.81. The van der Waals surface area contributed by atoms with Crippen LogP contribution in [0.15, 0.2) is 35.1 Å². The van der Waals surface area contributed by atoms with E-state index in [9.17, 15) is 9.59 Å². The molecule has 0 aliphatic carbocycles. The first kappa shape index (κ1) is 14.5. The van der Waals surface area contributed by atoms with Crippen LogP contribution in [0.3, 0.4) is 0 Å². The summed E-state index contributed by atoms with van der Waals surface area (Å²) >= 11 is 0. The van der Waals surface area contributed by atoms with Gasteiger partial charge in [-0.05, 0) is 24.8 Å². The monoisotopic (exact) mass is 302 g/mol. The third kappa shape index (κ3) is 3.62. The third-order valence-corrected chi connectivity index (χ3v) is 3.69. The molecule has 1 amide bonds. The molecular formula is C15H18N4O3. The van der Waals surface area contributed by atoms with Crippen LogP contribution in [0.2, 0.25) is 0 Å². The van der Waals surface area contributed by atoms with Gasteiger partial charge in [0.1, 0.15) is 11.9 Å². The number of nitrogens with one attached hydrogen (secondary N) is 3. The molecule has 7 heteroatoms. The number of ether oxygens (including phenoxy) is 1. The molecule has 0 saturated carbocycles. The molecule has 0 unspecified atom stereocenters. The molecule has 2 aromatic rings. The van der Waals surface area contributed by atoms with E-state index in [1.54, 1.807) is 0 Å². The quantitative estimate of drug-likeness (QED) is 0.749. The van der Waals surface area contributed by atoms with Crippen LogP contribution in [0.5, 0.6) is 0 Å². The third-order valence-electron chi connectivity index (χ3n) is 3.69. The molecule has 22 heavy (non-hydrogen) atoms. The van der Waals surface area contributed by atoms with Crippen LogP contribution in [0.25, 0.3) is 0 Å². The number of nitrogens with zero attached hydrogens (tertiary/aromatic N) is 1. The summed E-state index contributed by atoms with van der Waals surface area (Å²) in [6.45, 7) is 0.181. The summed E-state index contributed by atoms with van der Waals surface area (Å²) in [5.41, 5.74) is 0.826. The lowest BCUT2D eigenvalue weighted by Gasteiger charge is -2.13. The van der Waals surface area contributed by atoms with Gasteiger partial charge in [-0.25, -0.2) is 9.89 Å². The van der Waals surface area contributed by atoms with Crippen molar-refractivity contribution in [1.82, 2.24) is 20.5 Å². The van der Waals surface area contributed by atoms with Crippen molar-refractivity contribution >= 4 is 5.91 Å². The first-order valence-corrected chi connectivity index (χ1v) is 7.31. The number of aromatic nitrogens is 3. The first-order valence-electron chi connectivity index (χ1n) is 7.31. The van der Waals surface area contributed by atoms with Gasteiger partial charge in [-0.1, -0.05) is 30.3 Å². The normalized spacial score (nSPS) is 20.9. The maximum absolute atomic E-state index is 12.1. The Balaban J connectivity index is 1.47. The summed E-state index contributed by atoms with van der Waals surface area (Å²) in [5.74, 6) is 0.233. The summed E-state index contributed by atoms with van der Waals surface area (Å²) in [7, 11) is 0. The number of benzene rings is 1. The maximum Gasteiger partial charge on any atom is 0.340 e. The van der Waals surface area contributed by atoms with E-state index >= 15 is 0 Å². The van der Waals surface area contributed by atoms with Gasteiger partial charge in [0.25, 0.3) is 0 Å². The number of carbonyl (C=O) groups excluding carboxylic acids is 1. The minimum absolute atomic E-state index is 0.0725. The van der Waals surface area contributed by atoms with Gasteiger partial charge in [0.05, 0.1) is 12.6 Å². The van der Waals surface area contributed by atoms with Gasteiger partial charge in [0.15, 0.2) is 0 Å². The SMILES string of the molecule is O=C(NCc1n[nH]c(=O)[nH]1)[C@@H]1CC[C@H](Cc2ccccc2)O1. The summed E-state index contributed by atoms with van der Waals surface area (Å²) in [6.07, 6.45) is 2.03. The van der Waals surface area contributed by atoms with Gasteiger partial charge in [-0.2, -0.15) is 5.10 Å². The van der Waals surface area contributed by atoms with Gasteiger partial charge in [-0.3, -0.25) is 9.78 Å². The van der Waals surface area contributed by atoms with Crippen molar-refractivity contribution in [2.24, 2.45) is 0 Å². The van der Waals surface area contributed by atoms with Crippen molar-refractivity contribution < 1.29 is 9.53 Å². The fraction of sp³-hybridized carbons (Fsp3) is 0.400. The van der Waals surface area contributed by atoms with Crippen molar-refractivity contribution in [3.05, 3.63) is 52.2 Å². The topological polar surface area (TPSA) is 99.9 Å². The Bertz CT molecular complexity index is 679. The molecular weight excluding hydrogens is 284 g/mol. The van der Waals surface area contributed by atoms with Gasteiger partial charge in [0.2, 0.25) is 5.91 Å². The average Bonchev–Trinajstić information content (AvgIpc) is 3.15. The maximum atomic E-state index is 12.1. The van der Waals surface area contributed by atoms with Crippen LogP contribution in [0.4, 0.5) is 0 Å². The molecule has 1 aromatic heterocycles. The summed E-state index contributed by atoms with van der Waals surface area (Å²) in [4.78, 5) is 25.4. The van der Waals surface area contributed by atoms with Crippen molar-refractivity contribution in [2.75, 3.05) is 0 Å². The highest BCUT2D eigenvalue weighted by Crippen LogP contribution is 2.23. The zero-order valence-corrected chi connectivity index (χ0v) is 12.0. The fourth-order valence-electron chi connectivity index (χ4n) is 2.60. The van der Waals surface area contributed by atoms with Crippen molar-refractivity contribution in [1.29, 1.82) is 0 Å². The van der Waals surface area contributed by atoms with E-state index in [0.717, 1.165) is 12.8 Å². The Hall–Kier alpha value is -2.41. The van der Waals surface area contributed by atoms with Gasteiger partial charge in [0, 0.05) is 0 Å². The molecule has 1 aliphatic heterocycles. The smallest absolute Gasteiger partial charge is 0.340 e. The summed E-state index contributed by atoms with van der Waals surface area (Å²) in [6, 6.07) is 10.1. The van der Waals surface area contributed by atoms with E-state index in [1.165, 1.54) is 5.56 Å². The number of rotatable bonds is 5. The molecule has 7 nitrogen and oxygen atoms in total. The molecule has 1 saturated heterocycles. The van der Waals surface area contributed by atoms with E-state index in [0.29, 0.717) is 12.2 Å². The first-order chi connectivity index (χ1) is 10.7. The van der Waals surface area contributed by atoms with E-state index in [1.807, 2.05) is 18.2 Å². The highest BCUT2D eigenvalue weighted by atomic mass is 16.5. The Morgan fingerprint density at radius 3 is 2.86 bits per heavy atom. The van der Waals surface area contributed by atoms with Gasteiger partial charge < -0.3 is 10.1 Å². The number of H-pyrrole nitrogens is 2. The number of hydrogen-bond donors (Lipinski definition) is 3. The van der Waals surface area contributed by atoms with Crippen LogP contribution in [0.1, 0.15) is 24.2 Å². The molecule has 1 fully saturated rings. The van der Waals surface area contributed by atoms with Crippen LogP contribution in [0, 0.1) is 0 Å². The van der Waals surface area contributed by atoms with Crippen LogP contribution >= 0.6 is 0 Å². The Kier molecular flexibility index (Phi) is 4.34. The molecule has 116 valence electrons. The molecule has 1 aliphatic rings. The molecule has 2 heterocycles. The fourth-order valence-corrected chi connectivity index (χ4v) is 2.60. The highest BCUT2D eigenvalue weighted by Gasteiger charge is 2.30. The zero-order chi connectivity index (χ0) is 15.4. The zero-order valence-electron chi connectivity index (χ0n) is 12.0. The molecule has 0 radical (unpaired) electrons. The predicted molar refractivity (Wildman–Crippen MR) is 79.1 cm³/mol. The molecule has 1 aromatic carbocycles. The van der Waals surface area contributed by atoms with Crippen LogP contribution in [-0.4, -0.2) is 33.3 Å². The number of aromatic amines is 2. The number of hydrogen-bond acceptors (Lipinski definition) is 4. The largest absolute Gasteiger partial charge is 0.365 e. The minimum atomic E-state index is -0.431. The Morgan fingerprint density at radius 2 is 2.14 bits per heavy atom. The van der Waals surface area contributed by atoms with Crippen molar-refractivity contribution in [2.45, 2.75) is 38.0 Å². The highest BCUT2D eigenvalue weighted by molar-refractivity contribution is 5.80. The predicted octanol–water partition coefficient (Wildman–Crippen LogP) is 0.504. The lowest BCUT2D eigenvalue weighted by Crippen LogP contribution is -2.34. The van der Waals surface area contributed by atoms with E-state index in [-0.39, 0.29) is 24.2 Å². The van der Waals surface area contributed by atoms with Gasteiger partial charge >= 0.3 is 5.69 Å². The van der Waals surface area contributed by atoms with E-state index in [2.05, 4.69) is 32.6 Å². The molecule has 3 rings (SSSR count).